The van der Waals surface area contributed by atoms with Gasteiger partial charge in [-0.15, -0.1) is 0 Å². The molecule has 0 radical (unpaired) electrons. The monoisotopic (exact) mass is 272 g/mol. The molecule has 1 aliphatic heterocycles. The van der Waals surface area contributed by atoms with E-state index in [9.17, 15) is 4.79 Å². The Labute approximate surface area is 116 Å². The lowest BCUT2D eigenvalue weighted by atomic mass is 10.0. The van der Waals surface area contributed by atoms with Gasteiger partial charge in [-0.25, -0.2) is 0 Å². The van der Waals surface area contributed by atoms with Gasteiger partial charge >= 0.3 is 0 Å². The summed E-state index contributed by atoms with van der Waals surface area (Å²) in [5, 5.41) is 6.66. The van der Waals surface area contributed by atoms with Crippen LogP contribution in [-0.2, 0) is 9.53 Å². The molecule has 2 heterocycles. The maximum atomic E-state index is 12.0. The SMILES string of the molecule is O=C(Nc1cc(-c2ccccc2)on1)C1CCCOC1. The minimum Gasteiger partial charge on any atom is -0.381 e. The van der Waals surface area contributed by atoms with E-state index < -0.39 is 0 Å². The second kappa shape index (κ2) is 5.88. The van der Waals surface area contributed by atoms with Crippen molar-refractivity contribution in [3.05, 3.63) is 36.4 Å². The molecule has 1 aromatic carbocycles. The van der Waals surface area contributed by atoms with Crippen LogP contribution in [0.2, 0.25) is 0 Å². The van der Waals surface area contributed by atoms with Crippen molar-refractivity contribution < 1.29 is 14.1 Å². The van der Waals surface area contributed by atoms with Gasteiger partial charge in [0.15, 0.2) is 11.6 Å². The molecule has 1 amide bonds. The number of benzene rings is 1. The van der Waals surface area contributed by atoms with E-state index >= 15 is 0 Å². The summed E-state index contributed by atoms with van der Waals surface area (Å²) in [6.07, 6.45) is 1.78. The number of anilines is 1. The Balaban J connectivity index is 1.66. The first kappa shape index (κ1) is 12.9. The average Bonchev–Trinajstić information content (AvgIpc) is 2.97. The van der Waals surface area contributed by atoms with Crippen LogP contribution in [0, 0.1) is 5.92 Å². The first-order valence-corrected chi connectivity index (χ1v) is 6.73. The number of carbonyl (C=O) groups is 1. The van der Waals surface area contributed by atoms with Crippen molar-refractivity contribution in [2.45, 2.75) is 12.8 Å². The van der Waals surface area contributed by atoms with Crippen LogP contribution in [0.4, 0.5) is 5.82 Å². The summed E-state index contributed by atoms with van der Waals surface area (Å²) >= 11 is 0. The maximum absolute atomic E-state index is 12.0. The number of nitrogens with zero attached hydrogens (tertiary/aromatic N) is 1. The minimum atomic E-state index is -0.0966. The summed E-state index contributed by atoms with van der Waals surface area (Å²) in [6.45, 7) is 1.22. The number of rotatable bonds is 3. The van der Waals surface area contributed by atoms with E-state index in [2.05, 4.69) is 10.5 Å². The van der Waals surface area contributed by atoms with Crippen LogP contribution in [-0.4, -0.2) is 24.3 Å². The van der Waals surface area contributed by atoms with Gasteiger partial charge in [0.25, 0.3) is 0 Å². The molecule has 1 aromatic heterocycles. The van der Waals surface area contributed by atoms with Gasteiger partial charge in [-0.3, -0.25) is 4.79 Å². The standard InChI is InChI=1S/C15H16N2O3/c18-15(12-7-4-8-19-10-12)16-14-9-13(20-17-14)11-5-2-1-3-6-11/h1-3,5-6,9,12H,4,7-8,10H2,(H,16,17,18). The molecule has 2 aromatic rings. The van der Waals surface area contributed by atoms with Gasteiger partial charge in [-0.2, -0.15) is 0 Å². The Morgan fingerprint density at radius 3 is 2.90 bits per heavy atom. The Morgan fingerprint density at radius 1 is 1.30 bits per heavy atom. The second-order valence-corrected chi connectivity index (χ2v) is 4.85. The fourth-order valence-corrected chi connectivity index (χ4v) is 2.25. The summed E-state index contributed by atoms with van der Waals surface area (Å²) in [7, 11) is 0. The highest BCUT2D eigenvalue weighted by Gasteiger charge is 2.22. The molecule has 1 unspecified atom stereocenters. The minimum absolute atomic E-state index is 0.0578. The first-order chi connectivity index (χ1) is 9.83. The molecule has 1 N–H and O–H groups in total. The zero-order valence-electron chi connectivity index (χ0n) is 11.0. The fourth-order valence-electron chi connectivity index (χ4n) is 2.25. The number of amides is 1. The van der Waals surface area contributed by atoms with Gasteiger partial charge in [0, 0.05) is 18.2 Å². The van der Waals surface area contributed by atoms with Crippen LogP contribution in [0.3, 0.4) is 0 Å². The van der Waals surface area contributed by atoms with E-state index in [0.717, 1.165) is 25.0 Å². The zero-order chi connectivity index (χ0) is 13.8. The number of hydrogen-bond donors (Lipinski definition) is 1. The number of nitrogens with one attached hydrogen (secondary N) is 1. The number of carbonyl (C=O) groups excluding carboxylic acids is 1. The molecule has 1 atom stereocenters. The third-order valence-corrected chi connectivity index (χ3v) is 3.35. The molecule has 104 valence electrons. The number of aromatic nitrogens is 1. The molecule has 1 saturated heterocycles. The molecule has 3 rings (SSSR count). The van der Waals surface area contributed by atoms with Crippen LogP contribution in [0.15, 0.2) is 40.9 Å². The quantitative estimate of drug-likeness (QED) is 0.933. The van der Waals surface area contributed by atoms with E-state index in [1.54, 1.807) is 6.07 Å². The predicted molar refractivity (Wildman–Crippen MR) is 74.1 cm³/mol. The zero-order valence-corrected chi connectivity index (χ0v) is 11.0. The second-order valence-electron chi connectivity index (χ2n) is 4.85. The van der Waals surface area contributed by atoms with Gasteiger partial charge in [-0.1, -0.05) is 35.5 Å². The Kier molecular flexibility index (Phi) is 3.78. The summed E-state index contributed by atoms with van der Waals surface area (Å²) in [5.41, 5.74) is 0.932. The Morgan fingerprint density at radius 2 is 2.15 bits per heavy atom. The fraction of sp³-hybridized carbons (Fsp3) is 0.333. The van der Waals surface area contributed by atoms with Crippen molar-refractivity contribution in [1.29, 1.82) is 0 Å². The third kappa shape index (κ3) is 2.88. The molecule has 0 spiro atoms. The van der Waals surface area contributed by atoms with E-state index in [1.807, 2.05) is 30.3 Å². The van der Waals surface area contributed by atoms with Crippen LogP contribution < -0.4 is 5.32 Å². The molecule has 5 nitrogen and oxygen atoms in total. The highest BCUT2D eigenvalue weighted by molar-refractivity contribution is 5.92. The van der Waals surface area contributed by atoms with Crippen molar-refractivity contribution in [3.63, 3.8) is 0 Å². The van der Waals surface area contributed by atoms with Crippen LogP contribution in [0.1, 0.15) is 12.8 Å². The molecular formula is C15H16N2O3. The van der Waals surface area contributed by atoms with E-state index in [0.29, 0.717) is 18.2 Å². The van der Waals surface area contributed by atoms with Crippen molar-refractivity contribution in [3.8, 4) is 11.3 Å². The average molecular weight is 272 g/mol. The molecule has 0 bridgehead atoms. The molecular weight excluding hydrogens is 256 g/mol. The topological polar surface area (TPSA) is 64.4 Å². The first-order valence-electron chi connectivity index (χ1n) is 6.73. The molecule has 1 fully saturated rings. The highest BCUT2D eigenvalue weighted by Crippen LogP contribution is 2.23. The molecule has 1 aliphatic rings. The third-order valence-electron chi connectivity index (χ3n) is 3.35. The van der Waals surface area contributed by atoms with E-state index in [-0.39, 0.29) is 11.8 Å². The van der Waals surface area contributed by atoms with Gasteiger partial charge in [0.2, 0.25) is 5.91 Å². The maximum Gasteiger partial charge on any atom is 0.231 e. The lowest BCUT2D eigenvalue weighted by molar-refractivity contribution is -0.123. The van der Waals surface area contributed by atoms with Crippen molar-refractivity contribution in [1.82, 2.24) is 5.16 Å². The smallest absolute Gasteiger partial charge is 0.231 e. The molecule has 0 saturated carbocycles. The van der Waals surface area contributed by atoms with Gasteiger partial charge < -0.3 is 14.6 Å². The van der Waals surface area contributed by atoms with Crippen LogP contribution in [0.5, 0.6) is 0 Å². The summed E-state index contributed by atoms with van der Waals surface area (Å²) in [5.74, 6) is 0.929. The predicted octanol–water partition coefficient (Wildman–Crippen LogP) is 2.71. The van der Waals surface area contributed by atoms with E-state index in [1.165, 1.54) is 0 Å². The Hall–Kier alpha value is -2.14. The molecule has 5 heteroatoms. The lowest BCUT2D eigenvalue weighted by Gasteiger charge is -2.20. The number of ether oxygens (including phenoxy) is 1. The summed E-state index contributed by atoms with van der Waals surface area (Å²) in [6, 6.07) is 11.4. The van der Waals surface area contributed by atoms with Crippen molar-refractivity contribution in [2.75, 3.05) is 18.5 Å². The normalized spacial score (nSPS) is 18.7. The van der Waals surface area contributed by atoms with Gasteiger partial charge in [-0.05, 0) is 12.8 Å². The van der Waals surface area contributed by atoms with Crippen molar-refractivity contribution >= 4 is 11.7 Å². The van der Waals surface area contributed by atoms with Crippen LogP contribution >= 0.6 is 0 Å². The van der Waals surface area contributed by atoms with Gasteiger partial charge in [0.05, 0.1) is 12.5 Å². The van der Waals surface area contributed by atoms with Crippen LogP contribution in [0.25, 0.3) is 11.3 Å². The molecule has 20 heavy (non-hydrogen) atoms. The molecule has 0 aliphatic carbocycles. The summed E-state index contributed by atoms with van der Waals surface area (Å²) < 4.78 is 10.6. The highest BCUT2D eigenvalue weighted by atomic mass is 16.5. The largest absolute Gasteiger partial charge is 0.381 e. The Bertz CT molecular complexity index is 574. The van der Waals surface area contributed by atoms with Gasteiger partial charge in [0.1, 0.15) is 0 Å². The van der Waals surface area contributed by atoms with E-state index in [4.69, 9.17) is 9.26 Å². The summed E-state index contributed by atoms with van der Waals surface area (Å²) in [4.78, 5) is 12.0. The lowest BCUT2D eigenvalue weighted by Crippen LogP contribution is -2.30. The number of hydrogen-bond acceptors (Lipinski definition) is 4. The van der Waals surface area contributed by atoms with Crippen molar-refractivity contribution in [2.24, 2.45) is 5.92 Å².